The van der Waals surface area contributed by atoms with Gasteiger partial charge in [-0.15, -0.1) is 0 Å². The van der Waals surface area contributed by atoms with Crippen LogP contribution in [0.25, 0.3) is 16.7 Å². The molecule has 1 aliphatic heterocycles. The number of hydrogen-bond acceptors (Lipinski definition) is 3. The van der Waals surface area contributed by atoms with Crippen LogP contribution in [0.3, 0.4) is 0 Å². The molecule has 0 aliphatic carbocycles. The Labute approximate surface area is 169 Å². The molecule has 1 heterocycles. The van der Waals surface area contributed by atoms with E-state index >= 15 is 0 Å². The zero-order valence-electron chi connectivity index (χ0n) is 17.8. The Bertz CT molecular complexity index is 905. The Hall–Kier alpha value is -2.52. The normalized spacial score (nSPS) is 15.7. The summed E-state index contributed by atoms with van der Waals surface area (Å²) < 4.78 is 11.8. The maximum atomic E-state index is 6.14. The van der Waals surface area contributed by atoms with E-state index in [1.165, 1.54) is 16.7 Å². The average molecular weight is 378 g/mol. The number of fused-ring (bicyclic) bond motifs is 1. The van der Waals surface area contributed by atoms with Gasteiger partial charge in [-0.05, 0) is 46.3 Å². The summed E-state index contributed by atoms with van der Waals surface area (Å²) in [6.45, 7) is 11.3. The highest BCUT2D eigenvalue weighted by Crippen LogP contribution is 2.44. The lowest BCUT2D eigenvalue weighted by molar-refractivity contribution is 0.129. The second-order valence-corrected chi connectivity index (χ2v) is 8.13. The number of nitrogens with one attached hydrogen (secondary N) is 1. The standard InChI is InChI=1S/C25H31NO2/c1-17(2)14-15-28-18(3)22-16-25(4,5)26-24-20(11-9-12-21(22)24)19-10-7-8-13-23(19)27-6/h7-14,16,18,26H,15H2,1-6H3. The van der Waals surface area contributed by atoms with Gasteiger partial charge in [-0.3, -0.25) is 0 Å². The fraction of sp³-hybridized carbons (Fsp3) is 0.360. The molecular formula is C25H31NO2. The van der Waals surface area contributed by atoms with Crippen molar-refractivity contribution < 1.29 is 9.47 Å². The van der Waals surface area contributed by atoms with Gasteiger partial charge in [-0.2, -0.15) is 0 Å². The van der Waals surface area contributed by atoms with E-state index in [1.807, 2.05) is 18.2 Å². The summed E-state index contributed by atoms with van der Waals surface area (Å²) >= 11 is 0. The topological polar surface area (TPSA) is 30.5 Å². The van der Waals surface area contributed by atoms with Gasteiger partial charge in [0.25, 0.3) is 0 Å². The fourth-order valence-corrected chi connectivity index (χ4v) is 3.63. The summed E-state index contributed by atoms with van der Waals surface area (Å²) in [6, 6.07) is 14.6. The number of para-hydroxylation sites is 2. The molecule has 0 aromatic heterocycles. The van der Waals surface area contributed by atoms with Crippen LogP contribution < -0.4 is 10.1 Å². The predicted octanol–water partition coefficient (Wildman–Crippen LogP) is 6.32. The van der Waals surface area contributed by atoms with Crippen molar-refractivity contribution >= 4 is 11.3 Å². The zero-order valence-corrected chi connectivity index (χ0v) is 17.8. The van der Waals surface area contributed by atoms with Gasteiger partial charge in [0, 0.05) is 16.7 Å². The molecule has 0 saturated heterocycles. The van der Waals surface area contributed by atoms with Crippen LogP contribution in [0, 0.1) is 0 Å². The second kappa shape index (κ2) is 8.24. The summed E-state index contributed by atoms with van der Waals surface area (Å²) in [5, 5.41) is 3.71. The Morgan fingerprint density at radius 2 is 1.71 bits per heavy atom. The molecule has 0 amide bonds. The van der Waals surface area contributed by atoms with E-state index in [9.17, 15) is 0 Å². The Balaban J connectivity index is 2.06. The summed E-state index contributed by atoms with van der Waals surface area (Å²) in [5.41, 5.74) is 6.87. The van der Waals surface area contributed by atoms with E-state index < -0.39 is 0 Å². The maximum Gasteiger partial charge on any atom is 0.126 e. The smallest absolute Gasteiger partial charge is 0.126 e. The average Bonchev–Trinajstić information content (AvgIpc) is 2.66. The first kappa shape index (κ1) is 20.2. The van der Waals surface area contributed by atoms with Crippen LogP contribution in [0.4, 0.5) is 5.69 Å². The summed E-state index contributed by atoms with van der Waals surface area (Å²) in [4.78, 5) is 0. The molecule has 2 aromatic rings. The SMILES string of the molecule is COc1ccccc1-c1cccc2c1NC(C)(C)C=C2C(C)OCC=C(C)C. The second-order valence-electron chi connectivity index (χ2n) is 8.13. The molecule has 1 atom stereocenters. The van der Waals surface area contributed by atoms with Gasteiger partial charge in [0.2, 0.25) is 0 Å². The van der Waals surface area contributed by atoms with E-state index in [-0.39, 0.29) is 11.6 Å². The third-order valence-corrected chi connectivity index (χ3v) is 5.01. The summed E-state index contributed by atoms with van der Waals surface area (Å²) in [6.07, 6.45) is 4.41. The van der Waals surface area contributed by atoms with Crippen molar-refractivity contribution in [3.05, 3.63) is 65.8 Å². The van der Waals surface area contributed by atoms with E-state index in [2.05, 4.69) is 76.4 Å². The van der Waals surface area contributed by atoms with E-state index in [0.29, 0.717) is 6.61 Å². The lowest BCUT2D eigenvalue weighted by Gasteiger charge is -2.35. The van der Waals surface area contributed by atoms with Gasteiger partial charge < -0.3 is 14.8 Å². The van der Waals surface area contributed by atoms with Crippen molar-refractivity contribution in [3.63, 3.8) is 0 Å². The third-order valence-electron chi connectivity index (χ3n) is 5.01. The van der Waals surface area contributed by atoms with Crippen LogP contribution in [-0.2, 0) is 4.74 Å². The largest absolute Gasteiger partial charge is 0.496 e. The molecule has 148 valence electrons. The lowest BCUT2D eigenvalue weighted by atomic mass is 9.85. The number of benzene rings is 2. The lowest BCUT2D eigenvalue weighted by Crippen LogP contribution is -2.34. The minimum atomic E-state index is -0.172. The quantitative estimate of drug-likeness (QED) is 0.597. The molecule has 0 bridgehead atoms. The van der Waals surface area contributed by atoms with Gasteiger partial charge in [0.15, 0.2) is 0 Å². The zero-order chi connectivity index (χ0) is 20.3. The Morgan fingerprint density at radius 3 is 2.43 bits per heavy atom. The maximum absolute atomic E-state index is 6.14. The van der Waals surface area contributed by atoms with Crippen LogP contribution in [0.1, 0.15) is 40.2 Å². The first-order valence-corrected chi connectivity index (χ1v) is 9.85. The minimum Gasteiger partial charge on any atom is -0.496 e. The van der Waals surface area contributed by atoms with Crippen LogP contribution >= 0.6 is 0 Å². The minimum absolute atomic E-state index is 0.00337. The molecule has 0 radical (unpaired) electrons. The molecule has 28 heavy (non-hydrogen) atoms. The van der Waals surface area contributed by atoms with Crippen molar-refractivity contribution in [1.29, 1.82) is 0 Å². The van der Waals surface area contributed by atoms with Gasteiger partial charge in [-0.1, -0.05) is 54.1 Å². The fourth-order valence-electron chi connectivity index (χ4n) is 3.63. The highest BCUT2D eigenvalue weighted by Gasteiger charge is 2.29. The van der Waals surface area contributed by atoms with E-state index in [0.717, 1.165) is 22.6 Å². The number of ether oxygens (including phenoxy) is 2. The number of methoxy groups -OCH3 is 1. The molecular weight excluding hydrogens is 346 g/mol. The van der Waals surface area contributed by atoms with Gasteiger partial charge in [0.05, 0.1) is 31.0 Å². The first-order chi connectivity index (χ1) is 13.3. The van der Waals surface area contributed by atoms with Gasteiger partial charge >= 0.3 is 0 Å². The number of rotatable bonds is 6. The van der Waals surface area contributed by atoms with Crippen molar-refractivity contribution in [2.75, 3.05) is 19.0 Å². The highest BCUT2D eigenvalue weighted by molar-refractivity contribution is 5.93. The third kappa shape index (κ3) is 4.31. The molecule has 3 nitrogen and oxygen atoms in total. The number of allylic oxidation sites excluding steroid dienone is 1. The molecule has 1 N–H and O–H groups in total. The van der Waals surface area contributed by atoms with Gasteiger partial charge in [-0.25, -0.2) is 0 Å². The first-order valence-electron chi connectivity index (χ1n) is 9.85. The van der Waals surface area contributed by atoms with E-state index in [4.69, 9.17) is 9.47 Å². The number of anilines is 1. The molecule has 1 unspecified atom stereocenters. The molecule has 1 aliphatic rings. The molecule has 2 aromatic carbocycles. The summed E-state index contributed by atoms with van der Waals surface area (Å²) in [5.74, 6) is 0.875. The molecule has 0 fully saturated rings. The van der Waals surface area contributed by atoms with Crippen molar-refractivity contribution in [1.82, 2.24) is 0 Å². The van der Waals surface area contributed by atoms with Crippen molar-refractivity contribution in [2.24, 2.45) is 0 Å². The van der Waals surface area contributed by atoms with Crippen LogP contribution in [-0.4, -0.2) is 25.4 Å². The van der Waals surface area contributed by atoms with Crippen molar-refractivity contribution in [3.8, 4) is 16.9 Å². The Kier molecular flexibility index (Phi) is 5.95. The van der Waals surface area contributed by atoms with Crippen LogP contribution in [0.15, 0.2) is 60.2 Å². The highest BCUT2D eigenvalue weighted by atomic mass is 16.5. The summed E-state index contributed by atoms with van der Waals surface area (Å²) in [7, 11) is 1.72. The van der Waals surface area contributed by atoms with Crippen LogP contribution in [0.2, 0.25) is 0 Å². The van der Waals surface area contributed by atoms with Crippen molar-refractivity contribution in [2.45, 2.75) is 46.3 Å². The molecule has 3 rings (SSSR count). The molecule has 0 spiro atoms. The van der Waals surface area contributed by atoms with E-state index in [1.54, 1.807) is 7.11 Å². The monoisotopic (exact) mass is 377 g/mol. The van der Waals surface area contributed by atoms with Gasteiger partial charge in [0.1, 0.15) is 5.75 Å². The molecule has 0 saturated carbocycles. The molecule has 3 heteroatoms. The van der Waals surface area contributed by atoms with Crippen LogP contribution in [0.5, 0.6) is 5.75 Å². The number of hydrogen-bond donors (Lipinski definition) is 1. The predicted molar refractivity (Wildman–Crippen MR) is 119 cm³/mol. The Morgan fingerprint density at radius 1 is 1.04 bits per heavy atom.